The van der Waals surface area contributed by atoms with Crippen LogP contribution in [0.1, 0.15) is 74.0 Å². The molecule has 17 heteroatoms. The Kier molecular flexibility index (Phi) is 12.3. The molecule has 0 unspecified atom stereocenters. The molecule has 0 saturated carbocycles. The Balaban J connectivity index is 0.963. The van der Waals surface area contributed by atoms with E-state index in [1.165, 1.54) is 60.7 Å². The number of hydrogen-bond acceptors (Lipinski definition) is 10. The first kappa shape index (κ1) is 47.2. The third-order valence-electron chi connectivity index (χ3n) is 12.0. The lowest BCUT2D eigenvalue weighted by atomic mass is 9.88. The highest BCUT2D eigenvalue weighted by atomic mass is 35.5. The molecule has 2 amide bonds. The zero-order valence-electron chi connectivity index (χ0n) is 37.3. The number of carbonyl (C=O) groups is 5. The number of aromatic hydroxyl groups is 1. The van der Waals surface area contributed by atoms with Crippen LogP contribution in [0.15, 0.2) is 124 Å². The van der Waals surface area contributed by atoms with Gasteiger partial charge in [0.05, 0.1) is 44.4 Å². The molecule has 71 heavy (non-hydrogen) atoms. The molecule has 9 rings (SSSR count). The number of hydrogen-bond donors (Lipinski definition) is 6. The van der Waals surface area contributed by atoms with Gasteiger partial charge in [0.2, 0.25) is 0 Å². The Hall–Kier alpha value is -8.92. The normalized spacial score (nSPS) is 11.6. The maximum absolute atomic E-state index is 13.7. The molecule has 0 atom stereocenters. The van der Waals surface area contributed by atoms with Gasteiger partial charge in [-0.15, -0.1) is 0 Å². The summed E-state index contributed by atoms with van der Waals surface area (Å²) in [4.78, 5) is 78.9. The first-order valence-corrected chi connectivity index (χ1v) is 22.2. The van der Waals surface area contributed by atoms with E-state index in [-0.39, 0.29) is 90.3 Å². The van der Waals surface area contributed by atoms with E-state index in [9.17, 15) is 49.2 Å². The largest absolute Gasteiger partial charge is 0.507 e. The summed E-state index contributed by atoms with van der Waals surface area (Å²) in [5.74, 6) is -4.81. The van der Waals surface area contributed by atoms with Gasteiger partial charge >= 0.3 is 17.9 Å². The van der Waals surface area contributed by atoms with Crippen LogP contribution in [0, 0.1) is 0 Å². The molecule has 1 aliphatic carbocycles. The summed E-state index contributed by atoms with van der Waals surface area (Å²) in [6.07, 6.45) is 0. The maximum Gasteiger partial charge on any atom is 0.337 e. The number of carbonyl (C=O) groups excluding carboxylic acids is 2. The fourth-order valence-electron chi connectivity index (χ4n) is 8.54. The van der Waals surface area contributed by atoms with E-state index in [0.717, 1.165) is 11.8 Å². The van der Waals surface area contributed by atoms with Crippen LogP contribution in [0.3, 0.4) is 0 Å². The molecule has 354 valence electrons. The molecule has 2 aliphatic heterocycles. The van der Waals surface area contributed by atoms with Crippen LogP contribution in [-0.4, -0.2) is 64.2 Å². The van der Waals surface area contributed by atoms with Crippen molar-refractivity contribution in [3.8, 4) is 39.7 Å². The molecular weight excluding hydrogens is 954 g/mol. The van der Waals surface area contributed by atoms with Crippen molar-refractivity contribution in [3.63, 3.8) is 0 Å². The Morgan fingerprint density at radius 1 is 0.662 bits per heavy atom. The Morgan fingerprint density at radius 3 is 2.07 bits per heavy atom. The van der Waals surface area contributed by atoms with Crippen LogP contribution in [-0.2, 0) is 13.1 Å². The molecular formula is C54H37Cl2N3O12. The second-order valence-corrected chi connectivity index (χ2v) is 17.5. The van der Waals surface area contributed by atoms with Gasteiger partial charge in [-0.1, -0.05) is 60.1 Å². The maximum atomic E-state index is 13.7. The molecule has 0 bridgehead atoms. The molecule has 0 spiro atoms. The summed E-state index contributed by atoms with van der Waals surface area (Å²) in [6, 6.07) is 28.6. The predicted octanol–water partition coefficient (Wildman–Crippen LogP) is 8.36. The summed E-state index contributed by atoms with van der Waals surface area (Å²) in [5, 5.41) is 48.0. The Morgan fingerprint density at radius 2 is 1.37 bits per heavy atom. The topological polar surface area (TPSA) is 233 Å². The van der Waals surface area contributed by atoms with Crippen LogP contribution < -0.4 is 36.1 Å². The second kappa shape index (κ2) is 18.5. The number of carboxylic acid groups (broad SMARTS) is 3. The molecule has 6 N–H and O–H groups in total. The molecule has 0 saturated heterocycles. The van der Waals surface area contributed by atoms with Crippen LogP contribution in [0.2, 0.25) is 10.0 Å². The lowest BCUT2D eigenvalue weighted by molar-refractivity contribution is 0.0682. The van der Waals surface area contributed by atoms with E-state index in [1.54, 1.807) is 36.4 Å². The van der Waals surface area contributed by atoms with Crippen LogP contribution in [0.4, 0.5) is 5.69 Å². The fraction of sp³-hybridized carbons (Fsp3) is 0.0741. The number of nitrogens with one attached hydrogen (secondary N) is 2. The van der Waals surface area contributed by atoms with E-state index in [1.807, 2.05) is 31.1 Å². The number of anilines is 1. The lowest BCUT2D eigenvalue weighted by Crippen LogP contribution is -2.25. The number of ether oxygens (including phenoxy) is 1. The number of carboxylic acids is 3. The fourth-order valence-corrected chi connectivity index (χ4v) is 9.16. The van der Waals surface area contributed by atoms with Gasteiger partial charge in [0, 0.05) is 82.5 Å². The van der Waals surface area contributed by atoms with Gasteiger partial charge in [-0.25, -0.2) is 14.4 Å². The van der Waals surface area contributed by atoms with E-state index in [0.29, 0.717) is 49.6 Å². The van der Waals surface area contributed by atoms with Crippen molar-refractivity contribution < 1.29 is 53.6 Å². The highest BCUT2D eigenvalue weighted by Gasteiger charge is 2.31. The third-order valence-corrected chi connectivity index (χ3v) is 12.7. The minimum atomic E-state index is -1.42. The molecule has 0 fully saturated rings. The highest BCUT2D eigenvalue weighted by Crippen LogP contribution is 2.45. The molecule has 15 nitrogen and oxygen atoms in total. The van der Waals surface area contributed by atoms with E-state index < -0.39 is 35.2 Å². The molecule has 2 heterocycles. The van der Waals surface area contributed by atoms with Crippen molar-refractivity contribution in [3.05, 3.63) is 196 Å². The van der Waals surface area contributed by atoms with Gasteiger partial charge < -0.3 is 45.1 Å². The van der Waals surface area contributed by atoms with Gasteiger partial charge in [-0.2, -0.15) is 0 Å². The number of rotatable bonds is 12. The van der Waals surface area contributed by atoms with Gasteiger partial charge in [0.25, 0.3) is 11.8 Å². The minimum Gasteiger partial charge on any atom is -0.507 e. The quantitative estimate of drug-likeness (QED) is 0.0633. The molecule has 6 aromatic carbocycles. The Bertz CT molecular complexity index is 3770. The number of nitrogens with zero attached hydrogens (tertiary/aromatic N) is 1. The van der Waals surface area contributed by atoms with Crippen molar-refractivity contribution in [2.75, 3.05) is 19.0 Å². The van der Waals surface area contributed by atoms with Crippen LogP contribution in [0.5, 0.6) is 17.2 Å². The molecule has 3 aliphatic rings. The average molecular weight is 991 g/mol. The monoisotopic (exact) mass is 989 g/mol. The van der Waals surface area contributed by atoms with Gasteiger partial charge in [0.1, 0.15) is 28.6 Å². The van der Waals surface area contributed by atoms with Crippen molar-refractivity contribution in [1.29, 1.82) is 0 Å². The molecule has 6 aromatic rings. The lowest BCUT2D eigenvalue weighted by Gasteiger charge is -2.25. The number of amides is 2. The van der Waals surface area contributed by atoms with Crippen LogP contribution in [0.25, 0.3) is 45.6 Å². The summed E-state index contributed by atoms with van der Waals surface area (Å²) in [7, 11) is 3.75. The smallest absolute Gasteiger partial charge is 0.337 e. The minimum absolute atomic E-state index is 0.0270. The van der Waals surface area contributed by atoms with Gasteiger partial charge in [-0.05, 0) is 89.1 Å². The van der Waals surface area contributed by atoms with Gasteiger partial charge in [-0.3, -0.25) is 14.4 Å². The zero-order valence-corrected chi connectivity index (χ0v) is 38.9. The zero-order chi connectivity index (χ0) is 50.6. The Labute approximate surface area is 412 Å². The standard InChI is InChI=1S/C54H37Cl2N3O12/c1-25-4-12-33-41(18-25)70-42-20-29(59(2)3)10-14-34(42)45(33)46-39(55)22-37(48(56)47(46)54(68)69)51(63)57-23-26-5-7-27(8-6-26)50(62)58-24-38-40(61)17-16-35-44(32-15-11-30(60)21-43(32)71-49(35)38)31-13-9-28(52(64)65)19-36(31)53(66)67/h4-22,61H,1,23-24H2,2-3H3,(H,57,63)(H,58,62)(H,64,65)(H,66,67)(H,68,69). The van der Waals surface area contributed by atoms with E-state index in [2.05, 4.69) is 17.2 Å². The number of phenols is 1. The second-order valence-electron chi connectivity index (χ2n) is 16.7. The number of fused-ring (bicyclic) bond motifs is 4. The first-order chi connectivity index (χ1) is 33.9. The summed E-state index contributed by atoms with van der Waals surface area (Å²) in [6.45, 7) is 3.64. The predicted molar refractivity (Wildman–Crippen MR) is 266 cm³/mol. The SMILES string of the molecule is C=c1ccc2c(c1)Oc1cc(N(C)C)ccc1C=2c1c(Cl)cc(C(=O)NCc2ccc(C(=O)NCc3c(O)ccc4c(-c5ccc(C(=O)O)cc5C(=O)O)c5ccc(=O)cc-5oc34)cc2)c(Cl)c1C(=O)O. The number of benzene rings is 7. The number of aromatic carboxylic acids is 3. The van der Waals surface area contributed by atoms with Crippen molar-refractivity contribution >= 4 is 81.7 Å². The van der Waals surface area contributed by atoms with Crippen molar-refractivity contribution in [2.24, 2.45) is 0 Å². The van der Waals surface area contributed by atoms with Crippen molar-refractivity contribution in [2.45, 2.75) is 13.1 Å². The third kappa shape index (κ3) is 8.75. The van der Waals surface area contributed by atoms with E-state index >= 15 is 0 Å². The highest BCUT2D eigenvalue weighted by molar-refractivity contribution is 6.40. The summed E-state index contributed by atoms with van der Waals surface area (Å²) >= 11 is 13.8. The van der Waals surface area contributed by atoms with E-state index in [4.69, 9.17) is 32.4 Å². The summed E-state index contributed by atoms with van der Waals surface area (Å²) < 4.78 is 12.4. The summed E-state index contributed by atoms with van der Waals surface area (Å²) in [5.41, 5.74) is 1.95. The average Bonchev–Trinajstić information content (AvgIpc) is 3.33. The number of halogens is 2. The number of phenolic OH excluding ortho intramolecular Hbond substituents is 1. The van der Waals surface area contributed by atoms with Crippen molar-refractivity contribution in [1.82, 2.24) is 10.6 Å². The van der Waals surface area contributed by atoms with Crippen LogP contribution >= 0.6 is 23.2 Å². The van der Waals surface area contributed by atoms with Gasteiger partial charge in [0.15, 0.2) is 5.43 Å². The molecule has 0 radical (unpaired) electrons. The first-order valence-electron chi connectivity index (χ1n) is 21.5. The molecule has 0 aromatic heterocycles.